The van der Waals surface area contributed by atoms with Gasteiger partial charge < -0.3 is 11.1 Å². The van der Waals surface area contributed by atoms with Gasteiger partial charge in [0.1, 0.15) is 9.83 Å². The zero-order chi connectivity index (χ0) is 22.4. The molecule has 0 bridgehead atoms. The Morgan fingerprint density at radius 2 is 2.06 bits per heavy atom. The van der Waals surface area contributed by atoms with Crippen LogP contribution < -0.4 is 16.6 Å². The van der Waals surface area contributed by atoms with Crippen molar-refractivity contribution in [3.8, 4) is 0 Å². The van der Waals surface area contributed by atoms with Crippen LogP contribution in [0.1, 0.15) is 65.9 Å². The number of hydrogen-bond donors (Lipinski definition) is 2. The number of hydrogen-bond acceptors (Lipinski definition) is 7. The van der Waals surface area contributed by atoms with E-state index in [-0.39, 0.29) is 17.5 Å². The highest BCUT2D eigenvalue weighted by Crippen LogP contribution is 2.38. The van der Waals surface area contributed by atoms with Gasteiger partial charge >= 0.3 is 0 Å². The number of nitrogens with one attached hydrogen (secondary N) is 1. The lowest BCUT2D eigenvalue weighted by atomic mass is 10.2. The molecule has 2 aliphatic carbocycles. The molecule has 3 aromatic rings. The fourth-order valence-corrected chi connectivity index (χ4v) is 7.71. The molecular formula is C22H24N4O3S3. The van der Waals surface area contributed by atoms with Gasteiger partial charge in [0.2, 0.25) is 5.91 Å². The molecule has 2 aliphatic rings. The summed E-state index contributed by atoms with van der Waals surface area (Å²) in [5, 5.41) is 5.88. The van der Waals surface area contributed by atoms with Crippen molar-refractivity contribution >= 4 is 61.5 Å². The first-order valence-electron chi connectivity index (χ1n) is 10.9. The molecule has 1 fully saturated rings. The standard InChI is InChI=1S/C22H24N4O3S3/c1-11(18(28)24-19-14(17(23)27)9-10-30-19)31-22-25-20-16(13-7-4-8-15(13)32-20)21(29)26(22)12-5-2-3-6-12/h9-12H,2-8H2,1H3,(H2,23,27)(H,24,28). The number of amides is 2. The number of carbonyl (C=O) groups is 2. The van der Waals surface area contributed by atoms with E-state index in [0.29, 0.717) is 15.7 Å². The molecule has 1 atom stereocenters. The summed E-state index contributed by atoms with van der Waals surface area (Å²) in [4.78, 5) is 45.1. The third-order valence-corrected chi connectivity index (χ3v) is 9.33. The highest BCUT2D eigenvalue weighted by atomic mass is 32.2. The molecule has 3 N–H and O–H groups in total. The van der Waals surface area contributed by atoms with Crippen LogP contribution in [0.2, 0.25) is 0 Å². The largest absolute Gasteiger partial charge is 0.366 e. The summed E-state index contributed by atoms with van der Waals surface area (Å²) < 4.78 is 1.86. The van der Waals surface area contributed by atoms with Crippen LogP contribution in [0, 0.1) is 0 Å². The number of aromatic nitrogens is 2. The maximum Gasteiger partial charge on any atom is 0.263 e. The van der Waals surface area contributed by atoms with E-state index in [0.717, 1.165) is 55.2 Å². The van der Waals surface area contributed by atoms with E-state index in [4.69, 9.17) is 10.7 Å². The molecule has 0 spiro atoms. The molecule has 5 rings (SSSR count). The van der Waals surface area contributed by atoms with Crippen molar-refractivity contribution in [3.63, 3.8) is 0 Å². The monoisotopic (exact) mass is 488 g/mol. The second kappa shape index (κ2) is 8.64. The molecule has 3 heterocycles. The van der Waals surface area contributed by atoms with Crippen molar-refractivity contribution in [2.45, 2.75) is 68.3 Å². The topological polar surface area (TPSA) is 107 Å². The third-order valence-electron chi connectivity index (χ3n) is 6.25. The molecule has 0 aromatic carbocycles. The van der Waals surface area contributed by atoms with Crippen molar-refractivity contribution < 1.29 is 9.59 Å². The minimum absolute atomic E-state index is 0.0469. The number of rotatable bonds is 6. The Bertz CT molecular complexity index is 1270. The maximum absolute atomic E-state index is 13.7. The van der Waals surface area contributed by atoms with Gasteiger partial charge in [0.05, 0.1) is 16.2 Å². The molecule has 0 radical (unpaired) electrons. The molecule has 0 aliphatic heterocycles. The van der Waals surface area contributed by atoms with Crippen LogP contribution in [-0.4, -0.2) is 26.6 Å². The highest BCUT2D eigenvalue weighted by molar-refractivity contribution is 8.00. The first-order valence-corrected chi connectivity index (χ1v) is 13.4. The van der Waals surface area contributed by atoms with E-state index in [1.54, 1.807) is 29.7 Å². The first kappa shape index (κ1) is 21.7. The van der Waals surface area contributed by atoms with Gasteiger partial charge in [-0.1, -0.05) is 24.6 Å². The van der Waals surface area contributed by atoms with Crippen molar-refractivity contribution in [2.75, 3.05) is 5.32 Å². The molecule has 1 unspecified atom stereocenters. The van der Waals surface area contributed by atoms with Crippen molar-refractivity contribution in [1.82, 2.24) is 9.55 Å². The van der Waals surface area contributed by atoms with E-state index in [2.05, 4.69) is 5.32 Å². The van der Waals surface area contributed by atoms with E-state index < -0.39 is 11.2 Å². The maximum atomic E-state index is 13.7. The van der Waals surface area contributed by atoms with E-state index in [9.17, 15) is 14.4 Å². The third kappa shape index (κ3) is 3.78. The number of fused-ring (bicyclic) bond motifs is 3. The number of nitrogens with zero attached hydrogens (tertiary/aromatic N) is 2. The van der Waals surface area contributed by atoms with Crippen molar-refractivity contribution in [1.29, 1.82) is 0 Å². The van der Waals surface area contributed by atoms with E-state index in [1.807, 2.05) is 4.57 Å². The SMILES string of the molecule is CC(Sc1nc2sc3c(c2c(=O)n1C1CCCC1)CCC3)C(=O)Nc1sccc1C(N)=O. The summed E-state index contributed by atoms with van der Waals surface area (Å²) in [5.74, 6) is -0.823. The van der Waals surface area contributed by atoms with Gasteiger partial charge in [-0.15, -0.1) is 22.7 Å². The lowest BCUT2D eigenvalue weighted by Crippen LogP contribution is -2.29. The van der Waals surface area contributed by atoms with Gasteiger partial charge in [-0.05, 0) is 56.0 Å². The Hall–Kier alpha value is -2.17. The van der Waals surface area contributed by atoms with Crippen LogP contribution in [0.25, 0.3) is 10.2 Å². The Labute approximate surface area is 197 Å². The van der Waals surface area contributed by atoms with Gasteiger partial charge in [0, 0.05) is 10.9 Å². The normalized spacial score (nSPS) is 17.0. The molecule has 32 heavy (non-hydrogen) atoms. The van der Waals surface area contributed by atoms with Crippen LogP contribution in [0.5, 0.6) is 0 Å². The van der Waals surface area contributed by atoms with Crippen LogP contribution in [0.15, 0.2) is 21.4 Å². The van der Waals surface area contributed by atoms with Gasteiger partial charge in [-0.3, -0.25) is 19.0 Å². The fourth-order valence-electron chi connectivity index (χ4n) is 4.63. The number of anilines is 1. The number of nitrogens with two attached hydrogens (primary N) is 1. The molecular weight excluding hydrogens is 464 g/mol. The van der Waals surface area contributed by atoms with Crippen molar-refractivity contribution in [3.05, 3.63) is 37.8 Å². The van der Waals surface area contributed by atoms with Crippen molar-refractivity contribution in [2.24, 2.45) is 5.73 Å². The number of aryl methyl sites for hydroxylation is 2. The zero-order valence-corrected chi connectivity index (χ0v) is 20.1. The van der Waals surface area contributed by atoms with Crippen LogP contribution in [-0.2, 0) is 17.6 Å². The minimum atomic E-state index is -0.574. The molecule has 168 valence electrons. The van der Waals surface area contributed by atoms with Gasteiger partial charge in [0.15, 0.2) is 5.16 Å². The molecule has 7 nitrogen and oxygen atoms in total. The second-order valence-electron chi connectivity index (χ2n) is 8.32. The number of carbonyl (C=O) groups excluding carboxylic acids is 2. The molecule has 10 heteroatoms. The van der Waals surface area contributed by atoms with Crippen LogP contribution in [0.4, 0.5) is 5.00 Å². The second-order valence-corrected chi connectivity index (χ2v) is 11.6. The fraction of sp³-hybridized carbons (Fsp3) is 0.455. The van der Waals surface area contributed by atoms with E-state index in [1.165, 1.54) is 33.5 Å². The zero-order valence-electron chi connectivity index (χ0n) is 17.7. The van der Waals surface area contributed by atoms with E-state index >= 15 is 0 Å². The summed E-state index contributed by atoms with van der Waals surface area (Å²) in [5.41, 5.74) is 6.93. The predicted octanol–water partition coefficient (Wildman–Crippen LogP) is 4.34. The molecule has 1 saturated carbocycles. The van der Waals surface area contributed by atoms with Crippen LogP contribution in [0.3, 0.4) is 0 Å². The lowest BCUT2D eigenvalue weighted by Gasteiger charge is -2.20. The Morgan fingerprint density at radius 1 is 1.28 bits per heavy atom. The Balaban J connectivity index is 1.48. The molecule has 2 amide bonds. The highest BCUT2D eigenvalue weighted by Gasteiger charge is 2.29. The molecule has 3 aromatic heterocycles. The average Bonchev–Trinajstić information content (AvgIpc) is 3.52. The summed E-state index contributed by atoms with van der Waals surface area (Å²) in [7, 11) is 0. The predicted molar refractivity (Wildman–Crippen MR) is 130 cm³/mol. The van der Waals surface area contributed by atoms with Crippen LogP contribution >= 0.6 is 34.4 Å². The Morgan fingerprint density at radius 3 is 2.81 bits per heavy atom. The summed E-state index contributed by atoms with van der Waals surface area (Å²) in [6, 6.07) is 1.73. The summed E-state index contributed by atoms with van der Waals surface area (Å²) in [6.07, 6.45) is 7.20. The summed E-state index contributed by atoms with van der Waals surface area (Å²) in [6.45, 7) is 1.79. The summed E-state index contributed by atoms with van der Waals surface area (Å²) >= 11 is 4.19. The van der Waals surface area contributed by atoms with Gasteiger partial charge in [-0.25, -0.2) is 4.98 Å². The quantitative estimate of drug-likeness (QED) is 0.396. The number of primary amides is 1. The first-order chi connectivity index (χ1) is 15.4. The molecule has 0 saturated heterocycles. The minimum Gasteiger partial charge on any atom is -0.366 e. The lowest BCUT2D eigenvalue weighted by molar-refractivity contribution is -0.115. The number of thioether (sulfide) groups is 1. The smallest absolute Gasteiger partial charge is 0.263 e. The average molecular weight is 489 g/mol. The number of thiophene rings is 2. The van der Waals surface area contributed by atoms with Gasteiger partial charge in [0.25, 0.3) is 11.5 Å². The van der Waals surface area contributed by atoms with Gasteiger partial charge in [-0.2, -0.15) is 0 Å². The Kier molecular flexibility index (Phi) is 5.85.